The molecule has 0 aromatic rings. The summed E-state index contributed by atoms with van der Waals surface area (Å²) in [6.07, 6.45) is 3.21. The second kappa shape index (κ2) is 7.14. The first-order valence-corrected chi connectivity index (χ1v) is 8.92. The molecule has 2 saturated heterocycles. The van der Waals surface area contributed by atoms with Crippen LogP contribution in [0.4, 0.5) is 0 Å². The van der Waals surface area contributed by atoms with E-state index < -0.39 is 0 Å². The minimum Gasteiger partial charge on any atom is -0.374 e. The van der Waals surface area contributed by atoms with Gasteiger partial charge in [0, 0.05) is 24.9 Å². The van der Waals surface area contributed by atoms with Gasteiger partial charge in [0.05, 0.1) is 11.6 Å². The molecule has 2 aliphatic heterocycles. The van der Waals surface area contributed by atoms with E-state index in [1.54, 1.807) is 0 Å². The maximum absolute atomic E-state index is 12.0. The third-order valence-electron chi connectivity index (χ3n) is 4.12. The maximum atomic E-state index is 12.0. The Bertz CT molecular complexity index is 330. The Morgan fingerprint density at radius 2 is 2.25 bits per heavy atom. The largest absolute Gasteiger partial charge is 0.374 e. The summed E-state index contributed by atoms with van der Waals surface area (Å²) in [5.41, 5.74) is 0.0781. The van der Waals surface area contributed by atoms with Gasteiger partial charge < -0.3 is 15.4 Å². The number of ether oxygens (including phenoxy) is 1. The summed E-state index contributed by atoms with van der Waals surface area (Å²) in [5.74, 6) is 2.92. The quantitative estimate of drug-likeness (QED) is 0.813. The second-order valence-electron chi connectivity index (χ2n) is 6.55. The van der Waals surface area contributed by atoms with Crippen LogP contribution < -0.4 is 10.6 Å². The molecule has 3 atom stereocenters. The van der Waals surface area contributed by atoms with Crippen molar-refractivity contribution in [3.05, 3.63) is 0 Å². The summed E-state index contributed by atoms with van der Waals surface area (Å²) in [6, 6.07) is 0.283. The van der Waals surface area contributed by atoms with Crippen LogP contribution >= 0.6 is 11.8 Å². The molecule has 0 aromatic heterocycles. The Hall–Kier alpha value is -0.260. The van der Waals surface area contributed by atoms with Gasteiger partial charge in [-0.1, -0.05) is 13.8 Å². The van der Waals surface area contributed by atoms with Crippen molar-refractivity contribution in [3.63, 3.8) is 0 Å². The average Bonchev–Trinajstić information content (AvgIpc) is 2.83. The lowest BCUT2D eigenvalue weighted by Crippen LogP contribution is -2.53. The van der Waals surface area contributed by atoms with E-state index in [-0.39, 0.29) is 17.6 Å². The fraction of sp³-hybridized carbons (Fsp3) is 0.933. The first-order chi connectivity index (χ1) is 9.51. The van der Waals surface area contributed by atoms with E-state index in [2.05, 4.69) is 24.5 Å². The smallest absolute Gasteiger partial charge is 0.236 e. The second-order valence-corrected chi connectivity index (χ2v) is 7.66. The van der Waals surface area contributed by atoms with E-state index in [4.69, 9.17) is 4.74 Å². The normalized spacial score (nSPS) is 31.7. The summed E-state index contributed by atoms with van der Waals surface area (Å²) in [4.78, 5) is 12.0. The molecule has 2 heterocycles. The van der Waals surface area contributed by atoms with Gasteiger partial charge in [-0.3, -0.25) is 4.79 Å². The summed E-state index contributed by atoms with van der Waals surface area (Å²) in [5, 5.41) is 6.49. The lowest BCUT2D eigenvalue weighted by molar-refractivity contribution is -0.124. The molecular weight excluding hydrogens is 272 g/mol. The number of thioether (sulfide) groups is 1. The van der Waals surface area contributed by atoms with Crippen LogP contribution in [0, 0.1) is 5.92 Å². The number of hydrogen-bond donors (Lipinski definition) is 2. The fourth-order valence-corrected chi connectivity index (χ4v) is 4.30. The SMILES string of the molecule is CC(C)CNC(=O)C(C)NC1CCOC2(CCSC2)C1. The molecule has 0 aromatic carbocycles. The van der Waals surface area contributed by atoms with Crippen LogP contribution in [-0.4, -0.2) is 48.2 Å². The molecule has 0 bridgehead atoms. The van der Waals surface area contributed by atoms with E-state index in [1.807, 2.05) is 18.7 Å². The summed E-state index contributed by atoms with van der Waals surface area (Å²) < 4.78 is 6.02. The zero-order chi connectivity index (χ0) is 14.6. The maximum Gasteiger partial charge on any atom is 0.236 e. The lowest BCUT2D eigenvalue weighted by Gasteiger charge is -2.39. The molecule has 0 radical (unpaired) electrons. The van der Waals surface area contributed by atoms with Crippen molar-refractivity contribution in [2.24, 2.45) is 5.92 Å². The highest BCUT2D eigenvalue weighted by atomic mass is 32.2. The molecule has 2 aliphatic rings. The minimum absolute atomic E-state index is 0.0781. The van der Waals surface area contributed by atoms with Gasteiger partial charge in [-0.2, -0.15) is 11.8 Å². The van der Waals surface area contributed by atoms with Crippen molar-refractivity contribution < 1.29 is 9.53 Å². The van der Waals surface area contributed by atoms with Gasteiger partial charge >= 0.3 is 0 Å². The van der Waals surface area contributed by atoms with Crippen LogP contribution in [0.2, 0.25) is 0 Å². The van der Waals surface area contributed by atoms with Gasteiger partial charge in [-0.15, -0.1) is 0 Å². The first-order valence-electron chi connectivity index (χ1n) is 7.76. The zero-order valence-corrected chi connectivity index (χ0v) is 13.7. The third-order valence-corrected chi connectivity index (χ3v) is 5.35. The minimum atomic E-state index is -0.122. The van der Waals surface area contributed by atoms with E-state index in [0.29, 0.717) is 12.0 Å². The highest BCUT2D eigenvalue weighted by molar-refractivity contribution is 7.99. The molecule has 2 fully saturated rings. The molecular formula is C15H28N2O2S. The molecule has 0 saturated carbocycles. The highest BCUT2D eigenvalue weighted by Gasteiger charge is 2.40. The standard InChI is InChI=1S/C15H28N2O2S/c1-11(2)9-16-14(18)12(3)17-13-4-6-19-15(8-13)5-7-20-10-15/h11-13,17H,4-10H2,1-3H3,(H,16,18). The third kappa shape index (κ3) is 4.37. The number of nitrogens with one attached hydrogen (secondary N) is 2. The molecule has 2 N–H and O–H groups in total. The molecule has 5 heteroatoms. The Morgan fingerprint density at radius 3 is 2.90 bits per heavy atom. The van der Waals surface area contributed by atoms with Crippen molar-refractivity contribution in [2.45, 2.75) is 57.7 Å². The number of hydrogen-bond acceptors (Lipinski definition) is 4. The van der Waals surface area contributed by atoms with E-state index in [1.165, 1.54) is 5.75 Å². The lowest BCUT2D eigenvalue weighted by atomic mass is 9.89. The monoisotopic (exact) mass is 300 g/mol. The van der Waals surface area contributed by atoms with Crippen LogP contribution in [0.1, 0.15) is 40.0 Å². The van der Waals surface area contributed by atoms with Crippen molar-refractivity contribution in [3.8, 4) is 0 Å². The highest BCUT2D eigenvalue weighted by Crippen LogP contribution is 2.38. The fourth-order valence-electron chi connectivity index (χ4n) is 2.92. The van der Waals surface area contributed by atoms with Gasteiger partial charge in [0.1, 0.15) is 0 Å². The molecule has 3 unspecified atom stereocenters. The number of carbonyl (C=O) groups excluding carboxylic acids is 1. The van der Waals surface area contributed by atoms with Gasteiger partial charge in [-0.05, 0) is 37.9 Å². The Balaban J connectivity index is 1.78. The molecule has 1 amide bonds. The molecule has 20 heavy (non-hydrogen) atoms. The van der Waals surface area contributed by atoms with E-state index in [0.717, 1.165) is 38.2 Å². The Morgan fingerprint density at radius 1 is 1.45 bits per heavy atom. The number of carbonyl (C=O) groups is 1. The number of amides is 1. The number of rotatable bonds is 5. The Labute approximate surface area is 126 Å². The predicted octanol–water partition coefficient (Wildman–Crippen LogP) is 1.79. The first kappa shape index (κ1) is 16.1. The zero-order valence-electron chi connectivity index (χ0n) is 12.9. The van der Waals surface area contributed by atoms with Gasteiger partial charge in [0.2, 0.25) is 5.91 Å². The van der Waals surface area contributed by atoms with Crippen molar-refractivity contribution >= 4 is 17.7 Å². The average molecular weight is 300 g/mol. The summed E-state index contributed by atoms with van der Waals surface area (Å²) in [7, 11) is 0. The summed E-state index contributed by atoms with van der Waals surface area (Å²) >= 11 is 1.99. The topological polar surface area (TPSA) is 50.4 Å². The molecule has 2 rings (SSSR count). The van der Waals surface area contributed by atoms with Crippen LogP contribution in [0.25, 0.3) is 0 Å². The Kier molecular flexibility index (Phi) is 5.75. The van der Waals surface area contributed by atoms with Crippen LogP contribution in [0.15, 0.2) is 0 Å². The molecule has 4 nitrogen and oxygen atoms in total. The van der Waals surface area contributed by atoms with E-state index in [9.17, 15) is 4.79 Å². The van der Waals surface area contributed by atoms with Gasteiger partial charge in [-0.25, -0.2) is 0 Å². The van der Waals surface area contributed by atoms with Crippen molar-refractivity contribution in [1.29, 1.82) is 0 Å². The molecule has 116 valence electrons. The molecule has 0 aliphatic carbocycles. The van der Waals surface area contributed by atoms with Gasteiger partial charge in [0.25, 0.3) is 0 Å². The van der Waals surface area contributed by atoms with Gasteiger partial charge in [0.15, 0.2) is 0 Å². The molecule has 1 spiro atoms. The van der Waals surface area contributed by atoms with Crippen molar-refractivity contribution in [1.82, 2.24) is 10.6 Å². The van der Waals surface area contributed by atoms with Crippen LogP contribution in [0.5, 0.6) is 0 Å². The van der Waals surface area contributed by atoms with Crippen molar-refractivity contribution in [2.75, 3.05) is 24.7 Å². The van der Waals surface area contributed by atoms with Crippen LogP contribution in [-0.2, 0) is 9.53 Å². The summed E-state index contributed by atoms with van der Waals surface area (Å²) in [6.45, 7) is 7.75. The van der Waals surface area contributed by atoms with E-state index >= 15 is 0 Å². The predicted molar refractivity (Wildman–Crippen MR) is 84.1 cm³/mol. The van der Waals surface area contributed by atoms with Crippen LogP contribution in [0.3, 0.4) is 0 Å².